The van der Waals surface area contributed by atoms with Gasteiger partial charge in [0.2, 0.25) is 0 Å². The fourth-order valence-electron chi connectivity index (χ4n) is 2.00. The molecule has 0 saturated heterocycles. The summed E-state index contributed by atoms with van der Waals surface area (Å²) in [7, 11) is -4.67. The number of ether oxygens (including phenoxy) is 2. The second kappa shape index (κ2) is 18.1. The predicted molar refractivity (Wildman–Crippen MR) is 127 cm³/mol. The summed E-state index contributed by atoms with van der Waals surface area (Å²) >= 11 is 0. The average Bonchev–Trinajstić information content (AvgIpc) is 2.74. The lowest BCUT2D eigenvalue weighted by atomic mass is 10.3. The molecule has 0 fully saturated rings. The summed E-state index contributed by atoms with van der Waals surface area (Å²) in [6.45, 7) is 2.60. The summed E-state index contributed by atoms with van der Waals surface area (Å²) in [4.78, 5) is 0. The first-order chi connectivity index (χ1) is 15.6. The lowest BCUT2D eigenvalue weighted by Gasteiger charge is -2.06. The van der Waals surface area contributed by atoms with E-state index in [9.17, 15) is 0 Å². The smallest absolute Gasteiger partial charge is 0.394 e. The van der Waals surface area contributed by atoms with E-state index < -0.39 is 10.4 Å². The summed E-state index contributed by atoms with van der Waals surface area (Å²) in [5.41, 5.74) is 10.2. The molecule has 33 heavy (non-hydrogen) atoms. The van der Waals surface area contributed by atoms with Crippen molar-refractivity contribution >= 4 is 22.3 Å². The first-order valence-corrected chi connectivity index (χ1v) is 11.2. The molecule has 0 heterocycles. The third-order valence-corrected chi connectivity index (χ3v) is 3.30. The lowest BCUT2D eigenvalue weighted by molar-refractivity contribution is 0.311. The van der Waals surface area contributed by atoms with Gasteiger partial charge in [-0.15, -0.1) is 0 Å². The molecular formula is C20H32N6O6S. The van der Waals surface area contributed by atoms with Crippen LogP contribution >= 0.6 is 0 Å². The number of benzene rings is 2. The van der Waals surface area contributed by atoms with Crippen LogP contribution in [0.5, 0.6) is 11.5 Å². The highest BCUT2D eigenvalue weighted by atomic mass is 32.3. The van der Waals surface area contributed by atoms with Crippen LogP contribution in [0.3, 0.4) is 0 Å². The van der Waals surface area contributed by atoms with Crippen molar-refractivity contribution in [2.24, 2.45) is 11.5 Å². The van der Waals surface area contributed by atoms with Crippen LogP contribution in [0.25, 0.3) is 0 Å². The van der Waals surface area contributed by atoms with Gasteiger partial charge in [0.15, 0.2) is 11.9 Å². The molecule has 2 aromatic rings. The van der Waals surface area contributed by atoms with Gasteiger partial charge in [-0.2, -0.15) is 8.42 Å². The van der Waals surface area contributed by atoms with E-state index in [0.717, 1.165) is 24.3 Å². The van der Waals surface area contributed by atoms with Crippen LogP contribution in [-0.4, -0.2) is 55.7 Å². The minimum Gasteiger partial charge on any atom is -0.494 e. The largest absolute Gasteiger partial charge is 0.494 e. The van der Waals surface area contributed by atoms with E-state index in [4.69, 9.17) is 49.3 Å². The Kier molecular flexibility index (Phi) is 16.1. The number of nitrogens with one attached hydrogen (secondary N) is 4. The molecule has 10 N–H and O–H groups in total. The zero-order valence-electron chi connectivity index (χ0n) is 18.1. The normalized spacial score (nSPS) is 9.76. The van der Waals surface area contributed by atoms with E-state index in [-0.39, 0.29) is 11.9 Å². The number of rotatable bonds is 10. The second-order valence-corrected chi connectivity index (χ2v) is 7.05. The Bertz CT molecular complexity index is 817. The highest BCUT2D eigenvalue weighted by Gasteiger charge is 1.93. The molecule has 12 nitrogen and oxygen atoms in total. The Balaban J connectivity index is 0.000000517. The summed E-state index contributed by atoms with van der Waals surface area (Å²) in [6.07, 6.45) is 1.66. The van der Waals surface area contributed by atoms with Crippen LogP contribution in [0.15, 0.2) is 60.7 Å². The average molecular weight is 485 g/mol. The maximum Gasteiger partial charge on any atom is 0.394 e. The third-order valence-electron chi connectivity index (χ3n) is 3.30. The fraction of sp³-hybridized carbons (Fsp3) is 0.300. The molecule has 0 spiro atoms. The quantitative estimate of drug-likeness (QED) is 0.104. The predicted octanol–water partition coefficient (Wildman–Crippen LogP) is 1.22. The summed E-state index contributed by atoms with van der Waals surface area (Å²) in [5, 5.41) is 19.3. The highest BCUT2D eigenvalue weighted by Crippen LogP contribution is 2.08. The van der Waals surface area contributed by atoms with Gasteiger partial charge in [0, 0.05) is 13.1 Å². The molecule has 0 atom stereocenters. The van der Waals surface area contributed by atoms with Crippen LogP contribution in [0.1, 0.15) is 12.8 Å². The first-order valence-electron chi connectivity index (χ1n) is 9.79. The van der Waals surface area contributed by atoms with Crippen LogP contribution in [0.4, 0.5) is 0 Å². The molecule has 184 valence electrons. The van der Waals surface area contributed by atoms with Gasteiger partial charge in [-0.25, -0.2) is 0 Å². The van der Waals surface area contributed by atoms with Gasteiger partial charge in [0.05, 0.1) is 13.2 Å². The first kappa shape index (κ1) is 29.5. The maximum atomic E-state index is 8.74. The molecule has 0 aliphatic heterocycles. The zero-order chi connectivity index (χ0) is 25.0. The van der Waals surface area contributed by atoms with E-state index in [1.165, 1.54) is 0 Å². The minimum atomic E-state index is -4.67. The van der Waals surface area contributed by atoms with Crippen LogP contribution in [-0.2, 0) is 10.4 Å². The van der Waals surface area contributed by atoms with Crippen molar-refractivity contribution in [3.63, 3.8) is 0 Å². The highest BCUT2D eigenvalue weighted by molar-refractivity contribution is 7.79. The second-order valence-electron chi connectivity index (χ2n) is 6.16. The van der Waals surface area contributed by atoms with Crippen molar-refractivity contribution in [2.45, 2.75) is 12.8 Å². The number of guanidine groups is 2. The van der Waals surface area contributed by atoms with Crippen molar-refractivity contribution in [3.8, 4) is 11.5 Å². The molecule has 0 amide bonds. The Morgan fingerprint density at radius 3 is 1.33 bits per heavy atom. The van der Waals surface area contributed by atoms with E-state index >= 15 is 0 Å². The van der Waals surface area contributed by atoms with Crippen molar-refractivity contribution in [2.75, 3.05) is 26.3 Å². The molecule has 0 radical (unpaired) electrons. The lowest BCUT2D eigenvalue weighted by Crippen LogP contribution is -2.31. The summed E-state index contributed by atoms with van der Waals surface area (Å²) < 4.78 is 42.5. The Hall–Kier alpha value is -3.55. The van der Waals surface area contributed by atoms with E-state index in [0.29, 0.717) is 26.3 Å². The number of nitrogens with two attached hydrogens (primary N) is 2. The Labute approximate surface area is 193 Å². The van der Waals surface area contributed by atoms with E-state index in [1.807, 2.05) is 60.7 Å². The zero-order valence-corrected chi connectivity index (χ0v) is 18.9. The van der Waals surface area contributed by atoms with Crippen LogP contribution in [0, 0.1) is 10.8 Å². The summed E-state index contributed by atoms with van der Waals surface area (Å²) in [5.74, 6) is 1.75. The minimum absolute atomic E-state index is 0.00436. The molecule has 0 aliphatic rings. The van der Waals surface area contributed by atoms with Gasteiger partial charge >= 0.3 is 10.4 Å². The van der Waals surface area contributed by atoms with Crippen molar-refractivity contribution in [3.05, 3.63) is 60.7 Å². The number of hydrogen-bond acceptors (Lipinski definition) is 6. The van der Waals surface area contributed by atoms with Gasteiger partial charge in [-0.3, -0.25) is 19.9 Å². The monoisotopic (exact) mass is 484 g/mol. The molecule has 0 unspecified atom stereocenters. The van der Waals surface area contributed by atoms with E-state index in [2.05, 4.69) is 10.6 Å². The number of para-hydroxylation sites is 2. The van der Waals surface area contributed by atoms with Gasteiger partial charge in [0.1, 0.15) is 11.5 Å². The molecule has 2 aromatic carbocycles. The van der Waals surface area contributed by atoms with Crippen molar-refractivity contribution in [1.29, 1.82) is 10.8 Å². The Morgan fingerprint density at radius 2 is 1.06 bits per heavy atom. The standard InChI is InChI=1S/2C10H15N3O.H2O4S/c2*11-10(12)13-7-4-8-14-9-5-2-1-3-6-9;1-5(2,3)4/h2*1-3,5-6H,4,7-8H2,(H4,11,12,13);(H2,1,2,3,4). The molecular weight excluding hydrogens is 452 g/mol. The van der Waals surface area contributed by atoms with Crippen LogP contribution in [0.2, 0.25) is 0 Å². The topological polar surface area (TPSA) is 217 Å². The SMILES string of the molecule is N=C(N)NCCCOc1ccccc1.N=C(N)NCCCOc1ccccc1.O=S(=O)(O)O. The Morgan fingerprint density at radius 1 is 0.758 bits per heavy atom. The summed E-state index contributed by atoms with van der Waals surface area (Å²) in [6, 6.07) is 19.3. The molecule has 0 saturated carbocycles. The maximum absolute atomic E-state index is 8.74. The number of hydrogen-bond donors (Lipinski definition) is 8. The molecule has 0 bridgehead atoms. The van der Waals surface area contributed by atoms with Crippen molar-refractivity contribution in [1.82, 2.24) is 10.6 Å². The van der Waals surface area contributed by atoms with E-state index in [1.54, 1.807) is 0 Å². The fourth-order valence-corrected chi connectivity index (χ4v) is 2.00. The molecule has 0 aliphatic carbocycles. The van der Waals surface area contributed by atoms with Crippen molar-refractivity contribution < 1.29 is 27.0 Å². The van der Waals surface area contributed by atoms with Crippen LogP contribution < -0.4 is 31.6 Å². The molecule has 0 aromatic heterocycles. The molecule has 2 rings (SSSR count). The van der Waals surface area contributed by atoms with Gasteiger partial charge in [-0.1, -0.05) is 36.4 Å². The molecule has 13 heteroatoms. The third kappa shape index (κ3) is 24.6. The van der Waals surface area contributed by atoms with Gasteiger partial charge in [0.25, 0.3) is 0 Å². The van der Waals surface area contributed by atoms with Gasteiger partial charge < -0.3 is 31.6 Å². The van der Waals surface area contributed by atoms with Gasteiger partial charge in [-0.05, 0) is 37.1 Å².